The molecule has 2 unspecified atom stereocenters. The molecule has 0 aliphatic rings. The van der Waals surface area contributed by atoms with Gasteiger partial charge in [-0.3, -0.25) is 4.68 Å². The number of hydrogen-bond donors (Lipinski definition) is 1. The van der Waals surface area contributed by atoms with Crippen LogP contribution in [0.4, 0.5) is 0 Å². The molecule has 0 aliphatic carbocycles. The SMILES string of the molecule is CCCCC(CC)C(Cc1ncnn1CCC)NCCC. The Morgan fingerprint density at radius 3 is 2.57 bits per heavy atom. The van der Waals surface area contributed by atoms with E-state index < -0.39 is 0 Å². The number of aromatic nitrogens is 3. The first-order valence-electron chi connectivity index (χ1n) is 8.86. The highest BCUT2D eigenvalue weighted by atomic mass is 15.3. The Hall–Kier alpha value is -0.900. The van der Waals surface area contributed by atoms with Crippen LogP contribution in [-0.2, 0) is 13.0 Å². The molecule has 0 bridgehead atoms. The molecule has 2 atom stereocenters. The Balaban J connectivity index is 2.72. The molecule has 1 aromatic rings. The van der Waals surface area contributed by atoms with Gasteiger partial charge in [0.1, 0.15) is 12.2 Å². The lowest BCUT2D eigenvalue weighted by Gasteiger charge is -2.27. The van der Waals surface area contributed by atoms with Crippen molar-refractivity contribution in [1.82, 2.24) is 20.1 Å². The minimum absolute atomic E-state index is 0.529. The minimum Gasteiger partial charge on any atom is -0.313 e. The third-order valence-corrected chi connectivity index (χ3v) is 4.21. The molecule has 122 valence electrons. The summed E-state index contributed by atoms with van der Waals surface area (Å²) in [6.07, 6.45) is 10.2. The van der Waals surface area contributed by atoms with Gasteiger partial charge in [0.05, 0.1) is 0 Å². The van der Waals surface area contributed by atoms with Gasteiger partial charge in [0.15, 0.2) is 0 Å². The van der Waals surface area contributed by atoms with E-state index in [1.165, 1.54) is 32.1 Å². The molecule has 21 heavy (non-hydrogen) atoms. The fourth-order valence-corrected chi connectivity index (χ4v) is 2.93. The zero-order chi connectivity index (χ0) is 15.5. The summed E-state index contributed by atoms with van der Waals surface area (Å²) in [5.41, 5.74) is 0. The van der Waals surface area contributed by atoms with E-state index in [1.54, 1.807) is 6.33 Å². The molecule has 0 amide bonds. The Morgan fingerprint density at radius 2 is 1.95 bits per heavy atom. The number of rotatable bonds is 12. The van der Waals surface area contributed by atoms with Gasteiger partial charge in [0.2, 0.25) is 0 Å². The zero-order valence-electron chi connectivity index (χ0n) is 14.4. The fraction of sp³-hybridized carbons (Fsp3) is 0.882. The van der Waals surface area contributed by atoms with Crippen LogP contribution in [0.25, 0.3) is 0 Å². The lowest BCUT2D eigenvalue weighted by Crippen LogP contribution is -2.39. The highest BCUT2D eigenvalue weighted by Crippen LogP contribution is 2.20. The van der Waals surface area contributed by atoms with Gasteiger partial charge in [0, 0.05) is 19.0 Å². The monoisotopic (exact) mass is 294 g/mol. The molecule has 1 rings (SSSR count). The second kappa shape index (κ2) is 10.8. The first-order valence-corrected chi connectivity index (χ1v) is 8.86. The van der Waals surface area contributed by atoms with Gasteiger partial charge in [-0.25, -0.2) is 4.98 Å². The van der Waals surface area contributed by atoms with E-state index in [1.807, 2.05) is 0 Å². The predicted octanol–water partition coefficient (Wildman–Crippen LogP) is 3.82. The molecule has 0 spiro atoms. The van der Waals surface area contributed by atoms with Crippen molar-refractivity contribution in [3.05, 3.63) is 12.2 Å². The predicted molar refractivity (Wildman–Crippen MR) is 89.4 cm³/mol. The van der Waals surface area contributed by atoms with Crippen molar-refractivity contribution >= 4 is 0 Å². The third-order valence-electron chi connectivity index (χ3n) is 4.21. The van der Waals surface area contributed by atoms with Crippen LogP contribution in [0.15, 0.2) is 6.33 Å². The minimum atomic E-state index is 0.529. The van der Waals surface area contributed by atoms with Gasteiger partial charge < -0.3 is 5.32 Å². The van der Waals surface area contributed by atoms with Crippen molar-refractivity contribution < 1.29 is 0 Å². The highest BCUT2D eigenvalue weighted by molar-refractivity contribution is 4.92. The largest absolute Gasteiger partial charge is 0.313 e. The van der Waals surface area contributed by atoms with Crippen LogP contribution in [0, 0.1) is 5.92 Å². The molecule has 0 aromatic carbocycles. The zero-order valence-corrected chi connectivity index (χ0v) is 14.4. The lowest BCUT2D eigenvalue weighted by atomic mass is 9.89. The van der Waals surface area contributed by atoms with Crippen LogP contribution < -0.4 is 5.32 Å². The Bertz CT molecular complexity index is 361. The van der Waals surface area contributed by atoms with Crippen molar-refractivity contribution in [3.63, 3.8) is 0 Å². The average molecular weight is 294 g/mol. The van der Waals surface area contributed by atoms with Crippen molar-refractivity contribution in [2.45, 2.75) is 85.2 Å². The molecule has 0 saturated heterocycles. The van der Waals surface area contributed by atoms with Crippen LogP contribution in [0.2, 0.25) is 0 Å². The van der Waals surface area contributed by atoms with Crippen LogP contribution in [-0.4, -0.2) is 27.4 Å². The molecule has 1 heterocycles. The van der Waals surface area contributed by atoms with E-state index in [0.29, 0.717) is 6.04 Å². The van der Waals surface area contributed by atoms with E-state index in [-0.39, 0.29) is 0 Å². The topological polar surface area (TPSA) is 42.7 Å². The maximum absolute atomic E-state index is 4.49. The maximum atomic E-state index is 4.49. The van der Waals surface area contributed by atoms with Gasteiger partial charge in [-0.05, 0) is 31.7 Å². The van der Waals surface area contributed by atoms with E-state index in [9.17, 15) is 0 Å². The van der Waals surface area contributed by atoms with Crippen LogP contribution in [0.3, 0.4) is 0 Å². The Morgan fingerprint density at radius 1 is 1.14 bits per heavy atom. The maximum Gasteiger partial charge on any atom is 0.138 e. The lowest BCUT2D eigenvalue weighted by molar-refractivity contribution is 0.308. The van der Waals surface area contributed by atoms with Crippen molar-refractivity contribution in [1.29, 1.82) is 0 Å². The summed E-state index contributed by atoms with van der Waals surface area (Å²) in [6, 6.07) is 0.529. The Labute approximate surface area is 130 Å². The van der Waals surface area contributed by atoms with E-state index >= 15 is 0 Å². The molecular weight excluding hydrogens is 260 g/mol. The highest BCUT2D eigenvalue weighted by Gasteiger charge is 2.21. The summed E-state index contributed by atoms with van der Waals surface area (Å²) >= 11 is 0. The molecule has 0 saturated carbocycles. The van der Waals surface area contributed by atoms with Crippen molar-refractivity contribution in [3.8, 4) is 0 Å². The van der Waals surface area contributed by atoms with E-state index in [2.05, 4.69) is 47.8 Å². The standard InChI is InChI=1S/C17H34N4/c1-5-9-10-15(8-4)16(18-11-6-2)13-17-19-14-20-21(17)12-7-3/h14-16,18H,5-13H2,1-4H3. The van der Waals surface area contributed by atoms with Crippen LogP contribution >= 0.6 is 0 Å². The molecule has 4 nitrogen and oxygen atoms in total. The smallest absolute Gasteiger partial charge is 0.138 e. The average Bonchev–Trinajstić information content (AvgIpc) is 2.92. The second-order valence-electron chi connectivity index (χ2n) is 5.97. The number of aryl methyl sites for hydroxylation is 1. The van der Waals surface area contributed by atoms with Gasteiger partial charge in [0.25, 0.3) is 0 Å². The molecule has 1 aromatic heterocycles. The van der Waals surface area contributed by atoms with Gasteiger partial charge >= 0.3 is 0 Å². The van der Waals surface area contributed by atoms with Gasteiger partial charge in [-0.2, -0.15) is 5.10 Å². The summed E-state index contributed by atoms with van der Waals surface area (Å²) in [5.74, 6) is 1.88. The molecule has 1 N–H and O–H groups in total. The molecular formula is C17H34N4. The van der Waals surface area contributed by atoms with E-state index in [4.69, 9.17) is 0 Å². The van der Waals surface area contributed by atoms with Gasteiger partial charge in [-0.1, -0.05) is 47.0 Å². The number of hydrogen-bond acceptors (Lipinski definition) is 3. The molecule has 0 radical (unpaired) electrons. The summed E-state index contributed by atoms with van der Waals surface area (Å²) in [6.45, 7) is 11.1. The quantitative estimate of drug-likeness (QED) is 0.637. The summed E-state index contributed by atoms with van der Waals surface area (Å²) in [4.78, 5) is 4.49. The number of nitrogens with zero attached hydrogens (tertiary/aromatic N) is 3. The fourth-order valence-electron chi connectivity index (χ4n) is 2.93. The third kappa shape index (κ3) is 6.16. The molecule has 0 fully saturated rings. The van der Waals surface area contributed by atoms with Gasteiger partial charge in [-0.15, -0.1) is 0 Å². The number of nitrogens with one attached hydrogen (secondary N) is 1. The van der Waals surface area contributed by atoms with Crippen LogP contribution in [0.5, 0.6) is 0 Å². The van der Waals surface area contributed by atoms with Crippen LogP contribution in [0.1, 0.15) is 72.0 Å². The summed E-state index contributed by atoms with van der Waals surface area (Å²) in [5, 5.41) is 8.12. The van der Waals surface area contributed by atoms with E-state index in [0.717, 1.165) is 37.7 Å². The number of unbranched alkanes of at least 4 members (excludes halogenated alkanes) is 1. The van der Waals surface area contributed by atoms with Crippen molar-refractivity contribution in [2.75, 3.05) is 6.54 Å². The normalized spacial score (nSPS) is 14.3. The molecule has 4 heteroatoms. The first kappa shape index (κ1) is 18.1. The first-order chi connectivity index (χ1) is 10.3. The summed E-state index contributed by atoms with van der Waals surface area (Å²) in [7, 11) is 0. The summed E-state index contributed by atoms with van der Waals surface area (Å²) < 4.78 is 2.08. The second-order valence-corrected chi connectivity index (χ2v) is 5.97. The molecule has 0 aliphatic heterocycles. The Kier molecular flexibility index (Phi) is 9.31. The van der Waals surface area contributed by atoms with Crippen molar-refractivity contribution in [2.24, 2.45) is 5.92 Å².